The van der Waals surface area contributed by atoms with Gasteiger partial charge in [-0.2, -0.15) is 0 Å². The van der Waals surface area contributed by atoms with E-state index in [9.17, 15) is 13.2 Å². The first-order chi connectivity index (χ1) is 8.35. The van der Waals surface area contributed by atoms with Crippen molar-refractivity contribution in [2.45, 2.75) is 4.90 Å². The van der Waals surface area contributed by atoms with E-state index in [1.807, 2.05) is 0 Å². The van der Waals surface area contributed by atoms with E-state index in [2.05, 4.69) is 4.74 Å². The third-order valence-electron chi connectivity index (χ3n) is 2.17. The molecule has 0 aliphatic carbocycles. The van der Waals surface area contributed by atoms with E-state index >= 15 is 0 Å². The summed E-state index contributed by atoms with van der Waals surface area (Å²) in [5, 5.41) is 5.06. The van der Waals surface area contributed by atoms with Gasteiger partial charge in [0, 0.05) is 6.07 Å². The number of hydrogen-bond donors (Lipinski definition) is 1. The first-order valence-electron chi connectivity index (χ1n) is 4.72. The SMILES string of the molecule is COC(=O)c1cc(OC)cc(OC)c1S(N)(=O)=O. The molecule has 0 aliphatic rings. The van der Waals surface area contributed by atoms with E-state index < -0.39 is 20.9 Å². The monoisotopic (exact) mass is 275 g/mol. The van der Waals surface area contributed by atoms with Gasteiger partial charge in [-0.1, -0.05) is 0 Å². The Hall–Kier alpha value is -1.80. The van der Waals surface area contributed by atoms with Gasteiger partial charge in [0.15, 0.2) is 0 Å². The van der Waals surface area contributed by atoms with Crippen LogP contribution in [0, 0.1) is 0 Å². The van der Waals surface area contributed by atoms with Gasteiger partial charge in [0.05, 0.1) is 26.9 Å². The Morgan fingerprint density at radius 1 is 1.17 bits per heavy atom. The largest absolute Gasteiger partial charge is 0.497 e. The molecule has 0 fully saturated rings. The summed E-state index contributed by atoms with van der Waals surface area (Å²) < 4.78 is 37.3. The first kappa shape index (κ1) is 14.3. The highest BCUT2D eigenvalue weighted by Crippen LogP contribution is 2.32. The highest BCUT2D eigenvalue weighted by atomic mass is 32.2. The second-order valence-corrected chi connectivity index (χ2v) is 4.74. The zero-order valence-electron chi connectivity index (χ0n) is 10.1. The highest BCUT2D eigenvalue weighted by molar-refractivity contribution is 7.89. The van der Waals surface area contributed by atoms with Gasteiger partial charge >= 0.3 is 5.97 Å². The van der Waals surface area contributed by atoms with Crippen LogP contribution in [-0.2, 0) is 14.8 Å². The Balaban J connectivity index is 3.69. The van der Waals surface area contributed by atoms with Gasteiger partial charge in [-0.25, -0.2) is 18.4 Å². The maximum Gasteiger partial charge on any atom is 0.339 e. The first-order valence-corrected chi connectivity index (χ1v) is 6.27. The van der Waals surface area contributed by atoms with Crippen LogP contribution >= 0.6 is 0 Å². The van der Waals surface area contributed by atoms with E-state index in [0.29, 0.717) is 0 Å². The number of primary sulfonamides is 1. The maximum atomic E-state index is 11.6. The summed E-state index contributed by atoms with van der Waals surface area (Å²) in [5.41, 5.74) is -0.240. The van der Waals surface area contributed by atoms with E-state index in [-0.39, 0.29) is 17.1 Å². The van der Waals surface area contributed by atoms with Crippen molar-refractivity contribution in [1.29, 1.82) is 0 Å². The molecule has 2 N–H and O–H groups in total. The zero-order chi connectivity index (χ0) is 13.9. The van der Waals surface area contributed by atoms with Gasteiger partial charge in [-0.15, -0.1) is 0 Å². The van der Waals surface area contributed by atoms with Crippen LogP contribution in [0.4, 0.5) is 0 Å². The molecule has 0 saturated carbocycles. The van der Waals surface area contributed by atoms with Gasteiger partial charge in [0.1, 0.15) is 16.4 Å². The van der Waals surface area contributed by atoms with Gasteiger partial charge in [0.25, 0.3) is 0 Å². The topological polar surface area (TPSA) is 105 Å². The van der Waals surface area contributed by atoms with E-state index in [1.54, 1.807) is 0 Å². The lowest BCUT2D eigenvalue weighted by molar-refractivity contribution is 0.0595. The molecule has 1 rings (SSSR count). The number of methoxy groups -OCH3 is 3. The normalized spacial score (nSPS) is 10.9. The lowest BCUT2D eigenvalue weighted by Gasteiger charge is -2.12. The number of benzene rings is 1. The highest BCUT2D eigenvalue weighted by Gasteiger charge is 2.26. The van der Waals surface area contributed by atoms with Crippen molar-refractivity contribution in [2.75, 3.05) is 21.3 Å². The Morgan fingerprint density at radius 3 is 2.17 bits per heavy atom. The van der Waals surface area contributed by atoms with Crippen LogP contribution in [0.5, 0.6) is 11.5 Å². The summed E-state index contributed by atoms with van der Waals surface area (Å²) in [6.07, 6.45) is 0. The summed E-state index contributed by atoms with van der Waals surface area (Å²) in [4.78, 5) is 11.1. The number of hydrogen-bond acceptors (Lipinski definition) is 6. The second kappa shape index (κ2) is 5.23. The predicted octanol–water partition coefficient (Wildman–Crippen LogP) is 0.138. The molecule has 0 aliphatic heterocycles. The van der Waals surface area contributed by atoms with Gasteiger partial charge in [0.2, 0.25) is 10.0 Å². The van der Waals surface area contributed by atoms with Crippen LogP contribution in [0.3, 0.4) is 0 Å². The molecular weight excluding hydrogens is 262 g/mol. The fraction of sp³-hybridized carbons (Fsp3) is 0.300. The molecule has 8 heteroatoms. The van der Waals surface area contributed by atoms with Crippen LogP contribution in [0.25, 0.3) is 0 Å². The number of esters is 1. The van der Waals surface area contributed by atoms with E-state index in [0.717, 1.165) is 7.11 Å². The Labute approximate surface area is 104 Å². The van der Waals surface area contributed by atoms with Crippen molar-refractivity contribution in [3.05, 3.63) is 17.7 Å². The molecule has 100 valence electrons. The summed E-state index contributed by atoms with van der Waals surface area (Å²) in [7, 11) is -0.390. The molecule has 7 nitrogen and oxygen atoms in total. The smallest absolute Gasteiger partial charge is 0.339 e. The number of sulfonamides is 1. The van der Waals surface area contributed by atoms with Crippen LogP contribution in [0.2, 0.25) is 0 Å². The molecule has 18 heavy (non-hydrogen) atoms. The molecule has 0 bridgehead atoms. The van der Waals surface area contributed by atoms with Gasteiger partial charge in [-0.05, 0) is 6.07 Å². The molecule has 0 spiro atoms. The predicted molar refractivity (Wildman–Crippen MR) is 62.3 cm³/mol. The Morgan fingerprint density at radius 2 is 1.78 bits per heavy atom. The molecular formula is C10H13NO6S. The zero-order valence-corrected chi connectivity index (χ0v) is 10.9. The number of carbonyl (C=O) groups is 1. The number of nitrogens with two attached hydrogens (primary N) is 1. The molecule has 1 aromatic carbocycles. The van der Waals surface area contributed by atoms with Crippen molar-refractivity contribution in [2.24, 2.45) is 5.14 Å². The quantitative estimate of drug-likeness (QED) is 0.783. The minimum atomic E-state index is -4.14. The summed E-state index contributed by atoms with van der Waals surface area (Å²) >= 11 is 0. The van der Waals surface area contributed by atoms with Gasteiger partial charge in [-0.3, -0.25) is 0 Å². The van der Waals surface area contributed by atoms with Crippen LogP contribution in [0.1, 0.15) is 10.4 Å². The Bertz CT molecular complexity index is 566. The number of carbonyl (C=O) groups excluding carboxylic acids is 1. The summed E-state index contributed by atoms with van der Waals surface area (Å²) in [6, 6.07) is 2.53. The lowest BCUT2D eigenvalue weighted by Crippen LogP contribution is -2.18. The minimum absolute atomic E-state index is 0.0859. The third-order valence-corrected chi connectivity index (χ3v) is 3.16. The second-order valence-electron chi connectivity index (χ2n) is 3.24. The summed E-state index contributed by atoms with van der Waals surface area (Å²) in [5.74, 6) is -0.687. The van der Waals surface area contributed by atoms with Crippen molar-refractivity contribution in [1.82, 2.24) is 0 Å². The third kappa shape index (κ3) is 2.71. The molecule has 0 atom stereocenters. The van der Waals surface area contributed by atoms with E-state index in [1.165, 1.54) is 26.4 Å². The average Bonchev–Trinajstić information content (AvgIpc) is 2.34. The van der Waals surface area contributed by atoms with Crippen LogP contribution < -0.4 is 14.6 Å². The summed E-state index contributed by atoms with van der Waals surface area (Å²) in [6.45, 7) is 0. The van der Waals surface area contributed by atoms with Gasteiger partial charge < -0.3 is 14.2 Å². The molecule has 0 saturated heterocycles. The minimum Gasteiger partial charge on any atom is -0.497 e. The fourth-order valence-corrected chi connectivity index (χ4v) is 2.27. The van der Waals surface area contributed by atoms with Crippen LogP contribution in [0.15, 0.2) is 17.0 Å². The molecule has 1 aromatic rings. The van der Waals surface area contributed by atoms with Crippen molar-refractivity contribution < 1.29 is 27.4 Å². The number of rotatable bonds is 4. The fourth-order valence-electron chi connectivity index (χ4n) is 1.40. The molecule has 0 amide bonds. The van der Waals surface area contributed by atoms with Crippen molar-refractivity contribution >= 4 is 16.0 Å². The Kier molecular flexibility index (Phi) is 4.15. The van der Waals surface area contributed by atoms with E-state index in [4.69, 9.17) is 14.6 Å². The van der Waals surface area contributed by atoms with Crippen LogP contribution in [-0.4, -0.2) is 35.7 Å². The van der Waals surface area contributed by atoms with Crippen molar-refractivity contribution in [3.63, 3.8) is 0 Å². The molecule has 0 unspecified atom stereocenters. The average molecular weight is 275 g/mol. The molecule has 0 radical (unpaired) electrons. The standard InChI is InChI=1S/C10H13NO6S/c1-15-6-4-7(10(12)17-3)9(18(11,13)14)8(5-6)16-2/h4-5H,1-3H3,(H2,11,13,14). The number of ether oxygens (including phenoxy) is 3. The van der Waals surface area contributed by atoms with Crippen molar-refractivity contribution in [3.8, 4) is 11.5 Å². The molecule has 0 aromatic heterocycles. The molecule has 0 heterocycles. The lowest BCUT2D eigenvalue weighted by atomic mass is 10.2. The maximum absolute atomic E-state index is 11.6.